The minimum atomic E-state index is -0.107. The van der Waals surface area contributed by atoms with Gasteiger partial charge in [-0.1, -0.05) is 60.7 Å². The van der Waals surface area contributed by atoms with Gasteiger partial charge in [0.05, 0.1) is 6.61 Å². The molecule has 0 bridgehead atoms. The molecule has 0 radical (unpaired) electrons. The Kier molecular flexibility index (Phi) is 5.60. The van der Waals surface area contributed by atoms with Crippen LogP contribution in [0.15, 0.2) is 78.9 Å². The van der Waals surface area contributed by atoms with Gasteiger partial charge in [-0.2, -0.15) is 0 Å². The highest BCUT2D eigenvalue weighted by Crippen LogP contribution is 2.20. The van der Waals surface area contributed by atoms with Gasteiger partial charge in [0.15, 0.2) is 0 Å². The number of methoxy groups -OCH3 is 1. The van der Waals surface area contributed by atoms with E-state index < -0.39 is 0 Å². The first-order valence-corrected chi connectivity index (χ1v) is 8.27. The number of ether oxygens (including phenoxy) is 1. The lowest BCUT2D eigenvalue weighted by atomic mass is 10.0. The van der Waals surface area contributed by atoms with Crippen LogP contribution in [0.1, 0.15) is 27.0 Å². The van der Waals surface area contributed by atoms with Crippen LogP contribution in [0.4, 0.5) is 5.69 Å². The molecule has 0 spiro atoms. The summed E-state index contributed by atoms with van der Waals surface area (Å²) in [7, 11) is 1.66. The van der Waals surface area contributed by atoms with E-state index in [1.165, 1.54) is 5.56 Å². The van der Waals surface area contributed by atoms with E-state index in [1.807, 2.05) is 66.7 Å². The van der Waals surface area contributed by atoms with Crippen molar-refractivity contribution in [2.24, 2.45) is 0 Å². The molecule has 3 aromatic rings. The smallest absolute Gasteiger partial charge is 0.255 e. The van der Waals surface area contributed by atoms with Crippen molar-refractivity contribution in [1.82, 2.24) is 0 Å². The van der Waals surface area contributed by atoms with Gasteiger partial charge in [-0.25, -0.2) is 0 Å². The average molecular weight is 331 g/mol. The highest BCUT2D eigenvalue weighted by molar-refractivity contribution is 6.04. The van der Waals surface area contributed by atoms with Gasteiger partial charge in [-0.3, -0.25) is 4.79 Å². The molecule has 3 heteroatoms. The Bertz CT molecular complexity index is 826. The van der Waals surface area contributed by atoms with Gasteiger partial charge in [0.1, 0.15) is 0 Å². The first kappa shape index (κ1) is 16.9. The van der Waals surface area contributed by atoms with E-state index in [0.29, 0.717) is 12.2 Å². The van der Waals surface area contributed by atoms with Crippen molar-refractivity contribution in [3.05, 3.63) is 101 Å². The minimum Gasteiger partial charge on any atom is -0.380 e. The maximum atomic E-state index is 12.5. The number of para-hydroxylation sites is 1. The second-order valence-electron chi connectivity index (χ2n) is 5.90. The molecular weight excluding hydrogens is 310 g/mol. The van der Waals surface area contributed by atoms with Crippen LogP contribution >= 0.6 is 0 Å². The highest BCUT2D eigenvalue weighted by atomic mass is 16.5. The Morgan fingerprint density at radius 1 is 0.840 bits per heavy atom. The third-order valence-corrected chi connectivity index (χ3v) is 4.03. The van der Waals surface area contributed by atoms with Gasteiger partial charge < -0.3 is 10.1 Å². The first-order chi connectivity index (χ1) is 12.3. The van der Waals surface area contributed by atoms with E-state index in [4.69, 9.17) is 4.74 Å². The largest absolute Gasteiger partial charge is 0.380 e. The Labute approximate surface area is 148 Å². The maximum Gasteiger partial charge on any atom is 0.255 e. The van der Waals surface area contributed by atoms with Gasteiger partial charge in [0.2, 0.25) is 0 Å². The maximum absolute atomic E-state index is 12.5. The van der Waals surface area contributed by atoms with Crippen molar-refractivity contribution >= 4 is 11.6 Å². The zero-order valence-corrected chi connectivity index (χ0v) is 14.2. The van der Waals surface area contributed by atoms with Gasteiger partial charge in [0.25, 0.3) is 5.91 Å². The molecule has 1 amide bonds. The number of nitrogens with one attached hydrogen (secondary N) is 1. The summed E-state index contributed by atoms with van der Waals surface area (Å²) in [6.07, 6.45) is 0.782. The summed E-state index contributed by atoms with van der Waals surface area (Å²) in [4.78, 5) is 12.5. The molecule has 3 nitrogen and oxygen atoms in total. The summed E-state index contributed by atoms with van der Waals surface area (Å²) in [6.45, 7) is 0.543. The molecule has 3 aromatic carbocycles. The topological polar surface area (TPSA) is 38.3 Å². The molecule has 0 aliphatic carbocycles. The Morgan fingerprint density at radius 3 is 2.24 bits per heavy atom. The van der Waals surface area contributed by atoms with Crippen LogP contribution in [0.2, 0.25) is 0 Å². The second kappa shape index (κ2) is 8.27. The summed E-state index contributed by atoms with van der Waals surface area (Å²) in [5.74, 6) is -0.107. The van der Waals surface area contributed by atoms with Crippen LogP contribution in [0, 0.1) is 0 Å². The van der Waals surface area contributed by atoms with Gasteiger partial charge in [0, 0.05) is 18.4 Å². The van der Waals surface area contributed by atoms with Crippen LogP contribution in [0.5, 0.6) is 0 Å². The van der Waals surface area contributed by atoms with Gasteiger partial charge in [-0.05, 0) is 41.3 Å². The summed E-state index contributed by atoms with van der Waals surface area (Å²) >= 11 is 0. The van der Waals surface area contributed by atoms with Crippen molar-refractivity contribution in [3.8, 4) is 0 Å². The number of benzene rings is 3. The monoisotopic (exact) mass is 331 g/mol. The lowest BCUT2D eigenvalue weighted by Gasteiger charge is -2.11. The number of carbonyl (C=O) groups is 1. The van der Waals surface area contributed by atoms with Crippen molar-refractivity contribution in [1.29, 1.82) is 0 Å². The minimum absolute atomic E-state index is 0.107. The Balaban J connectivity index is 1.75. The van der Waals surface area contributed by atoms with Crippen LogP contribution in [-0.2, 0) is 17.8 Å². The fourth-order valence-electron chi connectivity index (χ4n) is 2.73. The summed E-state index contributed by atoms with van der Waals surface area (Å²) in [5, 5.41) is 3.03. The van der Waals surface area contributed by atoms with E-state index >= 15 is 0 Å². The Morgan fingerprint density at radius 2 is 1.52 bits per heavy atom. The van der Waals surface area contributed by atoms with Crippen LogP contribution in [0.3, 0.4) is 0 Å². The quantitative estimate of drug-likeness (QED) is 0.712. The zero-order valence-electron chi connectivity index (χ0n) is 14.2. The molecule has 0 fully saturated rings. The second-order valence-corrected chi connectivity index (χ2v) is 5.90. The molecule has 0 unspecified atom stereocenters. The number of rotatable bonds is 6. The predicted molar refractivity (Wildman–Crippen MR) is 101 cm³/mol. The number of hydrogen-bond acceptors (Lipinski definition) is 2. The molecule has 3 rings (SSSR count). The molecular formula is C22H21NO2. The number of carbonyl (C=O) groups excluding carboxylic acids is 1. The predicted octanol–water partition coefficient (Wildman–Crippen LogP) is 4.68. The lowest BCUT2D eigenvalue weighted by molar-refractivity contribution is 0.102. The fourth-order valence-corrected chi connectivity index (χ4v) is 2.73. The summed E-state index contributed by atoms with van der Waals surface area (Å²) in [6, 6.07) is 25.6. The van der Waals surface area contributed by atoms with E-state index in [9.17, 15) is 4.79 Å². The summed E-state index contributed by atoms with van der Waals surface area (Å²) < 4.78 is 5.10. The first-order valence-electron chi connectivity index (χ1n) is 8.27. The van der Waals surface area contributed by atoms with Crippen molar-refractivity contribution in [3.63, 3.8) is 0 Å². The van der Waals surface area contributed by atoms with Crippen molar-refractivity contribution < 1.29 is 9.53 Å². The van der Waals surface area contributed by atoms with Crippen molar-refractivity contribution in [2.75, 3.05) is 12.4 Å². The van der Waals surface area contributed by atoms with Crippen LogP contribution in [-0.4, -0.2) is 13.0 Å². The molecule has 126 valence electrons. The molecule has 25 heavy (non-hydrogen) atoms. The number of anilines is 1. The van der Waals surface area contributed by atoms with Gasteiger partial charge >= 0.3 is 0 Å². The fraction of sp³-hybridized carbons (Fsp3) is 0.136. The normalized spacial score (nSPS) is 10.4. The van der Waals surface area contributed by atoms with Crippen LogP contribution in [0.25, 0.3) is 0 Å². The van der Waals surface area contributed by atoms with Gasteiger partial charge in [-0.15, -0.1) is 0 Å². The standard InChI is InChI=1S/C22H21NO2/c1-25-16-18-11-13-19(14-12-18)22(24)23-21-10-6-5-9-20(21)15-17-7-3-2-4-8-17/h2-14H,15-16H2,1H3,(H,23,24). The third kappa shape index (κ3) is 4.55. The lowest BCUT2D eigenvalue weighted by Crippen LogP contribution is -2.13. The number of amides is 1. The van der Waals surface area contributed by atoms with Crippen molar-refractivity contribution in [2.45, 2.75) is 13.0 Å². The number of hydrogen-bond donors (Lipinski definition) is 1. The molecule has 0 saturated carbocycles. The molecule has 0 atom stereocenters. The van der Waals surface area contributed by atoms with Crippen LogP contribution < -0.4 is 5.32 Å². The molecule has 0 aliphatic heterocycles. The van der Waals surface area contributed by atoms with E-state index in [2.05, 4.69) is 17.4 Å². The van der Waals surface area contributed by atoms with E-state index in [0.717, 1.165) is 23.2 Å². The molecule has 0 saturated heterocycles. The molecule has 1 N–H and O–H groups in total. The SMILES string of the molecule is COCc1ccc(C(=O)Nc2ccccc2Cc2ccccc2)cc1. The molecule has 0 heterocycles. The van der Waals surface area contributed by atoms with E-state index in [1.54, 1.807) is 7.11 Å². The summed E-state index contributed by atoms with van der Waals surface area (Å²) in [5.41, 5.74) is 4.83. The zero-order chi connectivity index (χ0) is 17.5. The molecule has 0 aromatic heterocycles. The van der Waals surface area contributed by atoms with E-state index in [-0.39, 0.29) is 5.91 Å². The molecule has 0 aliphatic rings. The average Bonchev–Trinajstić information content (AvgIpc) is 2.65. The third-order valence-electron chi connectivity index (χ3n) is 4.03. The Hall–Kier alpha value is -2.91. The highest BCUT2D eigenvalue weighted by Gasteiger charge is 2.09.